The quantitative estimate of drug-likeness (QED) is 0.856. The van der Waals surface area contributed by atoms with Gasteiger partial charge in [0.1, 0.15) is 4.21 Å². The van der Waals surface area contributed by atoms with E-state index < -0.39 is 10.0 Å². The van der Waals surface area contributed by atoms with Crippen LogP contribution in [0.1, 0.15) is 28.3 Å². The molecule has 2 N–H and O–H groups in total. The van der Waals surface area contributed by atoms with Gasteiger partial charge in [0.15, 0.2) is 0 Å². The molecule has 0 aliphatic carbocycles. The van der Waals surface area contributed by atoms with Crippen LogP contribution in [0, 0.1) is 6.92 Å². The van der Waals surface area contributed by atoms with Crippen LogP contribution in [0.4, 0.5) is 0 Å². The minimum absolute atomic E-state index is 0.214. The monoisotopic (exact) mass is 330 g/mol. The molecule has 4 nitrogen and oxygen atoms in total. The average Bonchev–Trinajstić information content (AvgIpc) is 2.98. The second-order valence-corrected chi connectivity index (χ2v) is 8.77. The highest BCUT2D eigenvalue weighted by molar-refractivity contribution is 7.91. The maximum Gasteiger partial charge on any atom is 0.250 e. The van der Waals surface area contributed by atoms with Crippen molar-refractivity contribution in [2.75, 3.05) is 7.05 Å². The van der Waals surface area contributed by atoms with Crippen molar-refractivity contribution in [3.05, 3.63) is 38.9 Å². The molecule has 0 aliphatic heterocycles. The molecule has 0 saturated carbocycles. The minimum Gasteiger partial charge on any atom is -0.316 e. The maximum atomic E-state index is 12.3. The lowest BCUT2D eigenvalue weighted by molar-refractivity contribution is 0.570. The van der Waals surface area contributed by atoms with Crippen molar-refractivity contribution in [3.63, 3.8) is 0 Å². The third kappa shape index (κ3) is 3.67. The van der Waals surface area contributed by atoms with Crippen LogP contribution in [-0.4, -0.2) is 15.5 Å². The summed E-state index contributed by atoms with van der Waals surface area (Å²) in [5, 5.41) is 4.88. The summed E-state index contributed by atoms with van der Waals surface area (Å²) >= 11 is 2.86. The van der Waals surface area contributed by atoms with Crippen molar-refractivity contribution in [1.29, 1.82) is 0 Å². The zero-order valence-electron chi connectivity index (χ0n) is 11.6. The lowest BCUT2D eigenvalue weighted by Crippen LogP contribution is -2.25. The first-order valence-corrected chi connectivity index (χ1v) is 9.41. The largest absolute Gasteiger partial charge is 0.316 e. The highest BCUT2D eigenvalue weighted by atomic mass is 32.2. The molecule has 0 saturated heterocycles. The van der Waals surface area contributed by atoms with Gasteiger partial charge in [-0.3, -0.25) is 0 Å². The Labute approximate surface area is 127 Å². The van der Waals surface area contributed by atoms with Crippen molar-refractivity contribution in [1.82, 2.24) is 10.0 Å². The molecule has 20 heavy (non-hydrogen) atoms. The van der Waals surface area contributed by atoms with Crippen LogP contribution in [0.3, 0.4) is 0 Å². The van der Waals surface area contributed by atoms with Crippen LogP contribution < -0.4 is 10.0 Å². The Kier molecular flexibility index (Phi) is 4.98. The molecule has 0 aliphatic rings. The van der Waals surface area contributed by atoms with Gasteiger partial charge in [-0.05, 0) is 50.0 Å². The molecular formula is C13H18N2O2S3. The first-order chi connectivity index (χ1) is 9.42. The minimum atomic E-state index is -3.45. The number of sulfonamides is 1. The lowest BCUT2D eigenvalue weighted by Gasteiger charge is -2.11. The Morgan fingerprint density at radius 3 is 2.70 bits per heavy atom. The van der Waals surface area contributed by atoms with E-state index >= 15 is 0 Å². The van der Waals surface area contributed by atoms with Gasteiger partial charge in [0.2, 0.25) is 0 Å². The van der Waals surface area contributed by atoms with Gasteiger partial charge in [-0.25, -0.2) is 13.1 Å². The van der Waals surface area contributed by atoms with Crippen LogP contribution in [0.5, 0.6) is 0 Å². The highest BCUT2D eigenvalue weighted by Gasteiger charge is 2.21. The molecule has 2 rings (SSSR count). The molecular weight excluding hydrogens is 312 g/mol. The molecule has 1 atom stereocenters. The summed E-state index contributed by atoms with van der Waals surface area (Å²) in [4.78, 5) is 2.21. The van der Waals surface area contributed by atoms with Crippen molar-refractivity contribution >= 4 is 32.7 Å². The highest BCUT2D eigenvalue weighted by Crippen LogP contribution is 2.26. The van der Waals surface area contributed by atoms with Gasteiger partial charge in [0.05, 0.1) is 6.04 Å². The first-order valence-electron chi connectivity index (χ1n) is 6.23. The van der Waals surface area contributed by atoms with E-state index in [0.29, 0.717) is 10.8 Å². The fourth-order valence-electron chi connectivity index (χ4n) is 1.83. The Bertz CT molecular complexity index is 673. The summed E-state index contributed by atoms with van der Waals surface area (Å²) in [6.45, 7) is 4.55. The lowest BCUT2D eigenvalue weighted by atomic mass is 10.3. The number of hydrogen-bond donors (Lipinski definition) is 2. The number of hydrogen-bond acceptors (Lipinski definition) is 5. The topological polar surface area (TPSA) is 58.2 Å². The van der Waals surface area contributed by atoms with Crippen molar-refractivity contribution in [2.45, 2.75) is 30.6 Å². The number of aryl methyl sites for hydroxylation is 1. The fraction of sp³-hybridized carbons (Fsp3) is 0.385. The van der Waals surface area contributed by atoms with Gasteiger partial charge in [-0.1, -0.05) is 0 Å². The van der Waals surface area contributed by atoms with E-state index in [9.17, 15) is 8.42 Å². The fourth-order valence-corrected chi connectivity index (χ4v) is 5.23. The second kappa shape index (κ2) is 6.36. The molecule has 0 aromatic carbocycles. The van der Waals surface area contributed by atoms with Gasteiger partial charge < -0.3 is 5.32 Å². The van der Waals surface area contributed by atoms with Gasteiger partial charge in [0, 0.05) is 16.3 Å². The van der Waals surface area contributed by atoms with Crippen LogP contribution >= 0.6 is 22.7 Å². The van der Waals surface area contributed by atoms with Gasteiger partial charge in [-0.15, -0.1) is 22.7 Å². The Morgan fingerprint density at radius 2 is 2.10 bits per heavy atom. The molecule has 0 spiro atoms. The molecule has 2 aromatic rings. The zero-order chi connectivity index (χ0) is 14.8. The molecule has 0 amide bonds. The van der Waals surface area contributed by atoms with Gasteiger partial charge >= 0.3 is 0 Å². The van der Waals surface area contributed by atoms with E-state index in [-0.39, 0.29) is 6.04 Å². The molecule has 0 bridgehead atoms. The maximum absolute atomic E-state index is 12.3. The first kappa shape index (κ1) is 15.7. The van der Waals surface area contributed by atoms with Crippen LogP contribution in [0.15, 0.2) is 27.8 Å². The van der Waals surface area contributed by atoms with Crippen LogP contribution in [0.25, 0.3) is 0 Å². The Hall–Kier alpha value is -0.730. The van der Waals surface area contributed by atoms with Crippen molar-refractivity contribution in [3.8, 4) is 0 Å². The van der Waals surface area contributed by atoms with E-state index in [4.69, 9.17) is 0 Å². The molecule has 0 fully saturated rings. The summed E-state index contributed by atoms with van der Waals surface area (Å²) in [5.74, 6) is 0. The predicted octanol–water partition coefficient (Wildman–Crippen LogP) is 2.88. The summed E-state index contributed by atoms with van der Waals surface area (Å²) in [6.07, 6.45) is 0. The van der Waals surface area contributed by atoms with E-state index in [2.05, 4.69) is 10.0 Å². The third-order valence-electron chi connectivity index (χ3n) is 2.80. The number of rotatable bonds is 6. The average molecular weight is 331 g/mol. The molecule has 2 heterocycles. The van der Waals surface area contributed by atoms with Gasteiger partial charge in [0.25, 0.3) is 10.0 Å². The summed E-state index contributed by atoms with van der Waals surface area (Å²) in [7, 11) is -1.61. The van der Waals surface area contributed by atoms with Crippen LogP contribution in [-0.2, 0) is 16.6 Å². The van der Waals surface area contributed by atoms with E-state index in [1.165, 1.54) is 16.2 Å². The van der Waals surface area contributed by atoms with Crippen LogP contribution in [0.2, 0.25) is 0 Å². The van der Waals surface area contributed by atoms with E-state index in [0.717, 1.165) is 10.4 Å². The SMILES string of the molecule is CNCc1csc(S(=O)(=O)NC(C)c2ccc(C)s2)c1. The van der Waals surface area contributed by atoms with E-state index in [1.807, 2.05) is 38.4 Å². The normalized spacial score (nSPS) is 13.6. The van der Waals surface area contributed by atoms with Gasteiger partial charge in [-0.2, -0.15) is 0 Å². The smallest absolute Gasteiger partial charge is 0.250 e. The third-order valence-corrected chi connectivity index (χ3v) is 7.01. The molecule has 0 radical (unpaired) electrons. The summed E-state index contributed by atoms with van der Waals surface area (Å²) in [6, 6.07) is 5.47. The Balaban J connectivity index is 2.13. The van der Waals surface area contributed by atoms with Crippen molar-refractivity contribution in [2.24, 2.45) is 0 Å². The summed E-state index contributed by atoms with van der Waals surface area (Å²) in [5.41, 5.74) is 0.984. The van der Waals surface area contributed by atoms with E-state index in [1.54, 1.807) is 17.4 Å². The molecule has 7 heteroatoms. The standard InChI is InChI=1S/C13H18N2O2S3/c1-9-4-5-12(19-9)10(2)15-20(16,17)13-6-11(7-14-3)8-18-13/h4-6,8,10,14-15H,7H2,1-3H3. The molecule has 110 valence electrons. The summed E-state index contributed by atoms with van der Waals surface area (Å²) < 4.78 is 27.7. The second-order valence-electron chi connectivity index (χ2n) is 4.60. The zero-order valence-corrected chi connectivity index (χ0v) is 14.1. The Morgan fingerprint density at radius 1 is 1.35 bits per heavy atom. The molecule has 2 aromatic heterocycles. The predicted molar refractivity (Wildman–Crippen MR) is 84.9 cm³/mol. The van der Waals surface area contributed by atoms with Crippen molar-refractivity contribution < 1.29 is 8.42 Å². The number of thiophene rings is 2. The molecule has 1 unspecified atom stereocenters. The number of nitrogens with one attached hydrogen (secondary N) is 2.